The third kappa shape index (κ3) is 31.6. The number of carbonyl (C=O) groups is 2. The zero-order valence-corrected chi connectivity index (χ0v) is 12.6. The Labute approximate surface area is 125 Å². The molecule has 0 spiro atoms. The summed E-state index contributed by atoms with van der Waals surface area (Å²) in [5, 5.41) is 19.5. The van der Waals surface area contributed by atoms with Gasteiger partial charge in [0.1, 0.15) is 0 Å². The van der Waals surface area contributed by atoms with E-state index in [1.54, 1.807) is 12.2 Å². The van der Waals surface area contributed by atoms with Crippen LogP contribution in [0.15, 0.2) is 24.3 Å². The van der Waals surface area contributed by atoms with Crippen LogP contribution in [0.25, 0.3) is 0 Å². The Balaban J connectivity index is -0.000000256. The molecule has 0 fully saturated rings. The van der Waals surface area contributed by atoms with Gasteiger partial charge in [-0.25, -0.2) is 0 Å². The molecule has 0 saturated heterocycles. The summed E-state index contributed by atoms with van der Waals surface area (Å²) in [6.45, 7) is 4.12. The summed E-state index contributed by atoms with van der Waals surface area (Å²) in [4.78, 5) is 19.5. The predicted octanol–water partition coefficient (Wildman–Crippen LogP) is 0.963. The molecule has 0 aromatic carbocycles. The molecule has 0 rings (SSSR count). The molecule has 19 heavy (non-hydrogen) atoms. The van der Waals surface area contributed by atoms with Crippen LogP contribution in [0.5, 0.6) is 0 Å². The van der Waals surface area contributed by atoms with Crippen LogP contribution in [-0.2, 0) is 26.4 Å². The van der Waals surface area contributed by atoms with Gasteiger partial charge in [-0.15, -0.1) is 0 Å². The van der Waals surface area contributed by atoms with E-state index in [9.17, 15) is 19.8 Å². The van der Waals surface area contributed by atoms with Crippen LogP contribution in [0.1, 0.15) is 52.4 Å². The predicted molar refractivity (Wildman–Crippen MR) is 67.3 cm³/mol. The maximum absolute atomic E-state index is 9.76. The maximum Gasteiger partial charge on any atom is 2.00 e. The SMILES string of the molecule is CCCCC=CC(=O)[O-].CCCCC=CC(=O)[O-].[Co+2]. The minimum Gasteiger partial charge on any atom is -0.545 e. The fraction of sp³-hybridized carbons (Fsp3) is 0.571. The van der Waals surface area contributed by atoms with E-state index < -0.39 is 11.9 Å². The van der Waals surface area contributed by atoms with Crippen molar-refractivity contribution in [3.63, 3.8) is 0 Å². The normalized spacial score (nSPS) is 9.79. The molecule has 0 aliphatic rings. The molecule has 111 valence electrons. The average Bonchev–Trinajstić information content (AvgIpc) is 2.31. The average molecular weight is 313 g/mol. The third-order valence-electron chi connectivity index (χ3n) is 1.96. The Kier molecular flexibility index (Phi) is 23.4. The van der Waals surface area contributed by atoms with Gasteiger partial charge in [0.15, 0.2) is 0 Å². The van der Waals surface area contributed by atoms with E-state index in [2.05, 4.69) is 13.8 Å². The number of rotatable bonds is 8. The van der Waals surface area contributed by atoms with E-state index in [0.29, 0.717) is 0 Å². The van der Waals surface area contributed by atoms with Gasteiger partial charge in [0.2, 0.25) is 0 Å². The molecule has 0 amide bonds. The van der Waals surface area contributed by atoms with Gasteiger partial charge in [-0.3, -0.25) is 0 Å². The molecule has 0 heterocycles. The van der Waals surface area contributed by atoms with Crippen molar-refractivity contribution in [2.45, 2.75) is 52.4 Å². The summed E-state index contributed by atoms with van der Waals surface area (Å²) in [5.74, 6) is -2.21. The van der Waals surface area contributed by atoms with Crippen LogP contribution < -0.4 is 10.2 Å². The summed E-state index contributed by atoms with van der Waals surface area (Å²) < 4.78 is 0. The van der Waals surface area contributed by atoms with Gasteiger partial charge in [0.25, 0.3) is 0 Å². The van der Waals surface area contributed by atoms with Crippen LogP contribution in [0.2, 0.25) is 0 Å². The Morgan fingerprint density at radius 2 is 1.16 bits per heavy atom. The zero-order chi connectivity index (χ0) is 14.2. The van der Waals surface area contributed by atoms with Crippen molar-refractivity contribution in [2.75, 3.05) is 0 Å². The molecule has 1 radical (unpaired) electrons. The molecule has 4 nitrogen and oxygen atoms in total. The number of aliphatic carboxylic acids is 2. The Morgan fingerprint density at radius 1 is 0.842 bits per heavy atom. The van der Waals surface area contributed by atoms with Crippen LogP contribution in [0.4, 0.5) is 0 Å². The minimum absolute atomic E-state index is 0. The van der Waals surface area contributed by atoms with Crippen molar-refractivity contribution in [3.8, 4) is 0 Å². The van der Waals surface area contributed by atoms with Gasteiger partial charge in [0.05, 0.1) is 11.9 Å². The molecule has 0 aromatic heterocycles. The summed E-state index contributed by atoms with van der Waals surface area (Å²) in [7, 11) is 0. The summed E-state index contributed by atoms with van der Waals surface area (Å²) >= 11 is 0. The molecular weight excluding hydrogens is 291 g/mol. The summed E-state index contributed by atoms with van der Waals surface area (Å²) in [6.07, 6.45) is 11.4. The van der Waals surface area contributed by atoms with Gasteiger partial charge in [-0.2, -0.15) is 0 Å². The van der Waals surface area contributed by atoms with Crippen molar-refractivity contribution in [3.05, 3.63) is 24.3 Å². The fourth-order valence-corrected chi connectivity index (χ4v) is 1.00. The van der Waals surface area contributed by atoms with E-state index >= 15 is 0 Å². The van der Waals surface area contributed by atoms with E-state index in [0.717, 1.165) is 50.7 Å². The fourth-order valence-electron chi connectivity index (χ4n) is 1.00. The first-order chi connectivity index (χ1) is 8.54. The van der Waals surface area contributed by atoms with Crippen molar-refractivity contribution in [1.82, 2.24) is 0 Å². The van der Waals surface area contributed by atoms with Gasteiger partial charge in [-0.1, -0.05) is 51.7 Å². The molecule has 0 N–H and O–H groups in total. The molecule has 0 aliphatic carbocycles. The number of unbranched alkanes of at least 4 members (excludes halogenated alkanes) is 4. The van der Waals surface area contributed by atoms with Crippen LogP contribution in [-0.4, -0.2) is 11.9 Å². The smallest absolute Gasteiger partial charge is 0.545 e. The van der Waals surface area contributed by atoms with Gasteiger partial charge in [0, 0.05) is 0 Å². The van der Waals surface area contributed by atoms with Crippen molar-refractivity contribution < 1.29 is 36.6 Å². The summed E-state index contributed by atoms with van der Waals surface area (Å²) in [5.41, 5.74) is 0. The molecule has 0 unspecified atom stereocenters. The minimum atomic E-state index is -1.11. The van der Waals surface area contributed by atoms with Crippen LogP contribution >= 0.6 is 0 Å². The second-order valence-corrected chi connectivity index (χ2v) is 3.73. The van der Waals surface area contributed by atoms with Gasteiger partial charge in [-0.05, 0) is 25.0 Å². The van der Waals surface area contributed by atoms with E-state index in [4.69, 9.17) is 0 Å². The molecule has 0 aliphatic heterocycles. The molecular formula is C14H22CoO4. The van der Waals surface area contributed by atoms with E-state index in [1.165, 1.54) is 0 Å². The van der Waals surface area contributed by atoms with Gasteiger partial charge < -0.3 is 19.8 Å². The maximum atomic E-state index is 9.76. The second kappa shape index (κ2) is 19.3. The van der Waals surface area contributed by atoms with Gasteiger partial charge >= 0.3 is 16.8 Å². The molecule has 0 atom stereocenters. The number of hydrogen-bond donors (Lipinski definition) is 0. The number of allylic oxidation sites excluding steroid dienone is 2. The number of hydrogen-bond acceptors (Lipinski definition) is 4. The zero-order valence-electron chi connectivity index (χ0n) is 11.5. The largest absolute Gasteiger partial charge is 2.00 e. The monoisotopic (exact) mass is 313 g/mol. The first-order valence-corrected chi connectivity index (χ1v) is 6.29. The number of carboxylic acids is 2. The van der Waals surface area contributed by atoms with Crippen LogP contribution in [0.3, 0.4) is 0 Å². The molecule has 5 heteroatoms. The molecule has 0 bridgehead atoms. The Hall–Kier alpha value is -1.07. The second-order valence-electron chi connectivity index (χ2n) is 3.73. The topological polar surface area (TPSA) is 80.3 Å². The molecule has 0 aromatic rings. The van der Waals surface area contributed by atoms with E-state index in [-0.39, 0.29) is 16.8 Å². The van der Waals surface area contributed by atoms with Crippen molar-refractivity contribution in [1.29, 1.82) is 0 Å². The first-order valence-electron chi connectivity index (χ1n) is 6.29. The molecule has 0 saturated carbocycles. The van der Waals surface area contributed by atoms with Crippen molar-refractivity contribution >= 4 is 11.9 Å². The van der Waals surface area contributed by atoms with Crippen molar-refractivity contribution in [2.24, 2.45) is 0 Å². The quantitative estimate of drug-likeness (QED) is 0.494. The Morgan fingerprint density at radius 3 is 1.37 bits per heavy atom. The van der Waals surface area contributed by atoms with E-state index in [1.807, 2.05) is 0 Å². The first kappa shape index (κ1) is 23.1. The summed E-state index contributed by atoms with van der Waals surface area (Å²) in [6, 6.07) is 0. The Bertz CT molecular complexity index is 245. The van der Waals surface area contributed by atoms with Crippen LogP contribution in [0, 0.1) is 0 Å². The number of carbonyl (C=O) groups excluding carboxylic acids is 2. The standard InChI is InChI=1S/2C7H12O2.Co/c2*1-2-3-4-5-6-7(8)9;/h2*5-6H,2-4H2,1H3,(H,8,9);/q;;+2/p-2. The number of carboxylic acid groups (broad SMARTS) is 2. The third-order valence-corrected chi connectivity index (χ3v) is 1.96.